The van der Waals surface area contributed by atoms with E-state index >= 15 is 0 Å². The van der Waals surface area contributed by atoms with Crippen LogP contribution in [0.25, 0.3) is 6.08 Å². The number of furan rings is 1. The summed E-state index contributed by atoms with van der Waals surface area (Å²) >= 11 is 6.57. The molecule has 1 aliphatic heterocycles. The number of rotatable bonds is 6. The first-order valence-electron chi connectivity index (χ1n) is 9.01. The van der Waals surface area contributed by atoms with Crippen LogP contribution >= 0.6 is 24.0 Å². The van der Waals surface area contributed by atoms with Crippen LogP contribution in [0.5, 0.6) is 0 Å². The number of thiocarbonyl (C=S) groups is 1. The van der Waals surface area contributed by atoms with Crippen molar-refractivity contribution in [2.75, 3.05) is 11.9 Å². The fourth-order valence-electron chi connectivity index (χ4n) is 3.17. The zero-order valence-corrected chi connectivity index (χ0v) is 17.7. The summed E-state index contributed by atoms with van der Waals surface area (Å²) in [7, 11) is 0. The van der Waals surface area contributed by atoms with Crippen molar-refractivity contribution in [1.82, 2.24) is 4.90 Å². The van der Waals surface area contributed by atoms with Crippen LogP contribution in [-0.4, -0.2) is 27.6 Å². The number of carbonyl (C=O) groups is 2. The Morgan fingerprint density at radius 2 is 2.00 bits per heavy atom. The van der Waals surface area contributed by atoms with Gasteiger partial charge >= 0.3 is 0 Å². The van der Waals surface area contributed by atoms with Crippen LogP contribution in [0.2, 0.25) is 0 Å². The first kappa shape index (κ1) is 20.4. The van der Waals surface area contributed by atoms with Crippen molar-refractivity contribution in [2.24, 2.45) is 0 Å². The molecule has 1 aromatic heterocycles. The van der Waals surface area contributed by atoms with Gasteiger partial charge in [0.25, 0.3) is 5.91 Å². The largest absolute Gasteiger partial charge is 0.465 e. The van der Waals surface area contributed by atoms with E-state index in [-0.39, 0.29) is 11.8 Å². The van der Waals surface area contributed by atoms with Crippen LogP contribution in [0, 0.1) is 20.8 Å². The molecule has 1 aromatic carbocycles. The lowest BCUT2D eigenvalue weighted by Gasteiger charge is -2.15. The number of thioether (sulfide) groups is 1. The zero-order chi connectivity index (χ0) is 20.3. The van der Waals surface area contributed by atoms with Gasteiger partial charge in [0, 0.05) is 24.7 Å². The van der Waals surface area contributed by atoms with Crippen LogP contribution in [0.4, 0.5) is 5.69 Å². The first-order valence-corrected chi connectivity index (χ1v) is 10.2. The quantitative estimate of drug-likeness (QED) is 0.542. The first-order chi connectivity index (χ1) is 13.3. The Balaban J connectivity index is 1.54. The maximum atomic E-state index is 12.5. The van der Waals surface area contributed by atoms with E-state index in [9.17, 15) is 9.59 Å². The lowest BCUT2D eigenvalue weighted by atomic mass is 10.0. The summed E-state index contributed by atoms with van der Waals surface area (Å²) in [6, 6.07) is 7.65. The van der Waals surface area contributed by atoms with E-state index in [2.05, 4.69) is 5.32 Å². The highest BCUT2D eigenvalue weighted by Crippen LogP contribution is 2.32. The molecule has 1 fully saturated rings. The molecule has 0 unspecified atom stereocenters. The molecule has 0 spiro atoms. The minimum Gasteiger partial charge on any atom is -0.465 e. The van der Waals surface area contributed by atoms with Gasteiger partial charge in [-0.25, -0.2) is 0 Å². The summed E-state index contributed by atoms with van der Waals surface area (Å²) in [5, 5.41) is 2.99. The summed E-state index contributed by atoms with van der Waals surface area (Å²) in [5.74, 6) is 0.410. The van der Waals surface area contributed by atoms with Crippen molar-refractivity contribution < 1.29 is 14.0 Å². The molecule has 0 bridgehead atoms. The molecular formula is C21H22N2O3S2. The molecule has 2 heterocycles. The topological polar surface area (TPSA) is 62.6 Å². The average molecular weight is 415 g/mol. The van der Waals surface area contributed by atoms with Crippen LogP contribution in [0.15, 0.2) is 39.9 Å². The Labute approximate surface area is 174 Å². The number of carbonyl (C=O) groups excluding carboxylic acids is 2. The van der Waals surface area contributed by atoms with Gasteiger partial charge in [-0.15, -0.1) is 0 Å². The third-order valence-corrected chi connectivity index (χ3v) is 5.79. The highest BCUT2D eigenvalue weighted by molar-refractivity contribution is 8.26. The number of benzene rings is 1. The SMILES string of the molecule is Cc1cc(C)c(NC(=O)CCCN2C(=O)C(=Cc3ccco3)SC2=S)c(C)c1. The van der Waals surface area contributed by atoms with Crippen molar-refractivity contribution in [2.45, 2.75) is 33.6 Å². The Hall–Kier alpha value is -2.38. The van der Waals surface area contributed by atoms with Gasteiger partial charge in [0.15, 0.2) is 0 Å². The second kappa shape index (κ2) is 8.75. The van der Waals surface area contributed by atoms with Gasteiger partial charge in [-0.2, -0.15) is 0 Å². The summed E-state index contributed by atoms with van der Waals surface area (Å²) in [6.45, 7) is 6.43. The highest BCUT2D eigenvalue weighted by Gasteiger charge is 2.31. The Morgan fingerprint density at radius 3 is 2.64 bits per heavy atom. The van der Waals surface area contributed by atoms with Gasteiger partial charge in [0.1, 0.15) is 10.1 Å². The van der Waals surface area contributed by atoms with Crippen LogP contribution < -0.4 is 5.32 Å². The molecule has 0 atom stereocenters. The van der Waals surface area contributed by atoms with E-state index in [0.717, 1.165) is 16.8 Å². The fourth-order valence-corrected chi connectivity index (χ4v) is 4.46. The maximum absolute atomic E-state index is 12.5. The summed E-state index contributed by atoms with van der Waals surface area (Å²) < 4.78 is 5.76. The second-order valence-corrected chi connectivity index (χ2v) is 8.45. The molecular weight excluding hydrogens is 392 g/mol. The fraction of sp³-hybridized carbons (Fsp3) is 0.286. The third kappa shape index (κ3) is 4.72. The van der Waals surface area contributed by atoms with Crippen molar-refractivity contribution in [1.29, 1.82) is 0 Å². The molecule has 7 heteroatoms. The molecule has 1 saturated heterocycles. The predicted molar refractivity (Wildman–Crippen MR) is 117 cm³/mol. The average Bonchev–Trinajstić information content (AvgIpc) is 3.22. The number of aryl methyl sites for hydroxylation is 3. The Kier molecular flexibility index (Phi) is 6.36. The normalized spacial score (nSPS) is 15.5. The number of hydrogen-bond acceptors (Lipinski definition) is 5. The summed E-state index contributed by atoms with van der Waals surface area (Å²) in [6.07, 6.45) is 4.11. The van der Waals surface area contributed by atoms with Gasteiger partial charge in [-0.3, -0.25) is 14.5 Å². The van der Waals surface area contributed by atoms with E-state index in [4.69, 9.17) is 16.6 Å². The lowest BCUT2D eigenvalue weighted by Crippen LogP contribution is -2.29. The molecule has 2 amide bonds. The van der Waals surface area contributed by atoms with Gasteiger partial charge < -0.3 is 9.73 Å². The van der Waals surface area contributed by atoms with Crippen molar-refractivity contribution in [3.05, 3.63) is 57.9 Å². The molecule has 0 radical (unpaired) electrons. The van der Waals surface area contributed by atoms with Gasteiger partial charge in [-0.1, -0.05) is 41.7 Å². The minimum atomic E-state index is -0.142. The number of anilines is 1. The van der Waals surface area contributed by atoms with E-state index in [0.29, 0.717) is 34.4 Å². The van der Waals surface area contributed by atoms with E-state index in [1.165, 1.54) is 17.3 Å². The number of nitrogens with zero attached hydrogens (tertiary/aromatic N) is 1. The maximum Gasteiger partial charge on any atom is 0.266 e. The second-order valence-electron chi connectivity index (χ2n) is 6.77. The molecule has 3 rings (SSSR count). The molecule has 28 heavy (non-hydrogen) atoms. The molecule has 0 aliphatic carbocycles. The zero-order valence-electron chi connectivity index (χ0n) is 16.1. The van der Waals surface area contributed by atoms with E-state index in [1.807, 2.05) is 32.9 Å². The van der Waals surface area contributed by atoms with Gasteiger partial charge in [0.05, 0.1) is 11.2 Å². The standard InChI is InChI=1S/C21H22N2O3S2/c1-13-10-14(2)19(15(3)11-13)22-18(24)7-4-8-23-20(25)17(28-21(23)27)12-16-6-5-9-26-16/h5-6,9-12H,4,7-8H2,1-3H3,(H,22,24). The minimum absolute atomic E-state index is 0.0633. The monoisotopic (exact) mass is 414 g/mol. The van der Waals surface area contributed by atoms with Gasteiger partial charge in [-0.05, 0) is 50.5 Å². The molecule has 5 nitrogen and oxygen atoms in total. The van der Waals surface area contributed by atoms with Crippen LogP contribution in [-0.2, 0) is 9.59 Å². The van der Waals surface area contributed by atoms with Crippen molar-refractivity contribution >= 4 is 51.9 Å². The smallest absolute Gasteiger partial charge is 0.266 e. The number of hydrogen-bond donors (Lipinski definition) is 1. The molecule has 1 N–H and O–H groups in total. The summed E-state index contributed by atoms with van der Waals surface area (Å²) in [4.78, 5) is 27.0. The highest BCUT2D eigenvalue weighted by atomic mass is 32.2. The molecule has 1 aliphatic rings. The van der Waals surface area contributed by atoms with Crippen LogP contribution in [0.3, 0.4) is 0 Å². The predicted octanol–water partition coefficient (Wildman–Crippen LogP) is 4.82. The molecule has 146 valence electrons. The molecule has 2 aromatic rings. The Morgan fingerprint density at radius 1 is 1.29 bits per heavy atom. The molecule has 0 saturated carbocycles. The lowest BCUT2D eigenvalue weighted by molar-refractivity contribution is -0.122. The van der Waals surface area contributed by atoms with Crippen LogP contribution in [0.1, 0.15) is 35.3 Å². The number of nitrogens with one attached hydrogen (secondary N) is 1. The number of amides is 2. The van der Waals surface area contributed by atoms with Crippen molar-refractivity contribution in [3.63, 3.8) is 0 Å². The van der Waals surface area contributed by atoms with E-state index in [1.54, 1.807) is 29.4 Å². The van der Waals surface area contributed by atoms with E-state index < -0.39 is 0 Å². The summed E-state index contributed by atoms with van der Waals surface area (Å²) in [5.41, 5.74) is 4.13. The third-order valence-electron chi connectivity index (χ3n) is 4.42. The van der Waals surface area contributed by atoms with Gasteiger partial charge in [0.2, 0.25) is 5.91 Å². The Bertz CT molecular complexity index is 926. The van der Waals surface area contributed by atoms with Crippen molar-refractivity contribution in [3.8, 4) is 0 Å².